The maximum Gasteiger partial charge on any atom is 0.220 e. The molecule has 5 nitrogen and oxygen atoms in total. The Labute approximate surface area is 184 Å². The zero-order chi connectivity index (χ0) is 22.1. The molecule has 0 bridgehead atoms. The van der Waals surface area contributed by atoms with E-state index in [1.54, 1.807) is 14.0 Å². The quantitative estimate of drug-likeness (QED) is 0.439. The zero-order valence-corrected chi connectivity index (χ0v) is 18.5. The molecule has 0 unspecified atom stereocenters. The van der Waals surface area contributed by atoms with Crippen molar-refractivity contribution in [2.45, 2.75) is 39.8 Å². The largest absolute Gasteiger partial charge is 0.481 e. The van der Waals surface area contributed by atoms with Gasteiger partial charge in [0.1, 0.15) is 12.4 Å². The molecule has 3 rings (SSSR count). The van der Waals surface area contributed by atoms with Gasteiger partial charge in [0.15, 0.2) is 0 Å². The third kappa shape index (κ3) is 6.40. The minimum Gasteiger partial charge on any atom is -0.481 e. The fraction of sp³-hybridized carbons (Fsp3) is 0.308. The van der Waals surface area contributed by atoms with Crippen LogP contribution in [0, 0.1) is 6.92 Å². The number of hydrogen-bond acceptors (Lipinski definition) is 5. The van der Waals surface area contributed by atoms with E-state index in [1.165, 1.54) is 16.7 Å². The van der Waals surface area contributed by atoms with Gasteiger partial charge in [0.2, 0.25) is 11.8 Å². The highest BCUT2D eigenvalue weighted by molar-refractivity contribution is 5.75. The lowest BCUT2D eigenvalue weighted by molar-refractivity contribution is -0.117. The summed E-state index contributed by atoms with van der Waals surface area (Å²) in [5.41, 5.74) is 5.69. The third-order valence-corrected chi connectivity index (χ3v) is 5.21. The summed E-state index contributed by atoms with van der Waals surface area (Å²) < 4.78 is 11.4. The molecule has 0 saturated heterocycles. The number of pyridine rings is 1. The first kappa shape index (κ1) is 22.5. The molecule has 0 aliphatic heterocycles. The summed E-state index contributed by atoms with van der Waals surface area (Å²) in [6.07, 6.45) is 1.42. The standard InChI is InChI=1S/C26H30N2O3/c1-19(29)9-8-16-27-17-22-14-15-25(28-26(22)30-3)31-18-23-12-7-13-24(20(23)2)21-10-5-4-6-11-21/h4-7,10-15,27H,8-9,16-18H2,1-3H3. The van der Waals surface area contributed by atoms with Crippen LogP contribution in [-0.4, -0.2) is 24.4 Å². The first-order chi connectivity index (χ1) is 15.1. The second-order valence-corrected chi connectivity index (χ2v) is 7.54. The second-order valence-electron chi connectivity index (χ2n) is 7.54. The summed E-state index contributed by atoms with van der Waals surface area (Å²) in [6.45, 7) is 5.58. The molecule has 5 heteroatoms. The van der Waals surface area contributed by atoms with Gasteiger partial charge in [-0.25, -0.2) is 0 Å². The number of Topliss-reactive ketones (excluding diaryl/α,β-unsaturated/α-hetero) is 1. The third-order valence-electron chi connectivity index (χ3n) is 5.21. The van der Waals surface area contributed by atoms with Gasteiger partial charge in [0.25, 0.3) is 0 Å². The lowest BCUT2D eigenvalue weighted by Crippen LogP contribution is -2.16. The predicted molar refractivity (Wildman–Crippen MR) is 123 cm³/mol. The monoisotopic (exact) mass is 418 g/mol. The molecule has 1 N–H and O–H groups in total. The summed E-state index contributed by atoms with van der Waals surface area (Å²) >= 11 is 0. The molecular formula is C26H30N2O3. The minimum absolute atomic E-state index is 0.215. The average molecular weight is 419 g/mol. The lowest BCUT2D eigenvalue weighted by Gasteiger charge is -2.14. The summed E-state index contributed by atoms with van der Waals surface area (Å²) in [7, 11) is 1.61. The lowest BCUT2D eigenvalue weighted by atomic mass is 9.97. The SMILES string of the molecule is COc1nc(OCc2cccc(-c3ccccc3)c2C)ccc1CNCCCC(C)=O. The van der Waals surface area contributed by atoms with Crippen molar-refractivity contribution in [3.05, 3.63) is 77.4 Å². The van der Waals surface area contributed by atoms with E-state index in [9.17, 15) is 4.79 Å². The number of aromatic nitrogens is 1. The van der Waals surface area contributed by atoms with Crippen LogP contribution < -0.4 is 14.8 Å². The van der Waals surface area contributed by atoms with E-state index < -0.39 is 0 Å². The van der Waals surface area contributed by atoms with Crippen molar-refractivity contribution < 1.29 is 14.3 Å². The molecule has 0 aliphatic rings. The average Bonchev–Trinajstić information content (AvgIpc) is 2.79. The molecule has 0 fully saturated rings. The van der Waals surface area contributed by atoms with Gasteiger partial charge >= 0.3 is 0 Å². The summed E-state index contributed by atoms with van der Waals surface area (Å²) in [4.78, 5) is 15.5. The molecule has 0 radical (unpaired) electrons. The Morgan fingerprint density at radius 2 is 1.81 bits per heavy atom. The Balaban J connectivity index is 1.62. The van der Waals surface area contributed by atoms with Gasteiger partial charge < -0.3 is 19.6 Å². The first-order valence-electron chi connectivity index (χ1n) is 10.6. The number of carbonyl (C=O) groups is 1. The van der Waals surface area contributed by atoms with Crippen molar-refractivity contribution in [3.63, 3.8) is 0 Å². The van der Waals surface area contributed by atoms with Crippen LogP contribution >= 0.6 is 0 Å². The minimum atomic E-state index is 0.215. The zero-order valence-electron chi connectivity index (χ0n) is 18.5. The summed E-state index contributed by atoms with van der Waals surface area (Å²) in [5.74, 6) is 1.29. The van der Waals surface area contributed by atoms with E-state index in [0.717, 1.165) is 24.1 Å². The molecule has 0 spiro atoms. The summed E-state index contributed by atoms with van der Waals surface area (Å²) in [5, 5.41) is 3.33. The van der Waals surface area contributed by atoms with E-state index in [4.69, 9.17) is 9.47 Å². The Kier molecular flexibility index (Phi) is 8.19. The predicted octanol–water partition coefficient (Wildman–Crippen LogP) is 5.10. The van der Waals surface area contributed by atoms with Crippen LogP contribution in [0.5, 0.6) is 11.8 Å². The molecule has 0 aliphatic carbocycles. The number of rotatable bonds is 11. The smallest absolute Gasteiger partial charge is 0.220 e. The van der Waals surface area contributed by atoms with Gasteiger partial charge in [-0.05, 0) is 55.1 Å². The van der Waals surface area contributed by atoms with Crippen molar-refractivity contribution in [1.29, 1.82) is 0 Å². The van der Waals surface area contributed by atoms with E-state index in [0.29, 0.717) is 31.3 Å². The molecule has 0 amide bonds. The number of methoxy groups -OCH3 is 1. The molecular weight excluding hydrogens is 388 g/mol. The molecule has 1 aromatic heterocycles. The first-order valence-corrected chi connectivity index (χ1v) is 10.6. The van der Waals surface area contributed by atoms with E-state index in [1.807, 2.05) is 30.3 Å². The van der Waals surface area contributed by atoms with Crippen LogP contribution in [0.2, 0.25) is 0 Å². The number of ketones is 1. The van der Waals surface area contributed by atoms with Crippen LogP contribution in [-0.2, 0) is 17.9 Å². The molecule has 2 aromatic carbocycles. The van der Waals surface area contributed by atoms with Gasteiger partial charge in [-0.3, -0.25) is 0 Å². The number of benzene rings is 2. The van der Waals surface area contributed by atoms with Crippen molar-refractivity contribution in [2.24, 2.45) is 0 Å². The van der Waals surface area contributed by atoms with Crippen LogP contribution in [0.3, 0.4) is 0 Å². The highest BCUT2D eigenvalue weighted by Crippen LogP contribution is 2.27. The molecule has 0 saturated carbocycles. The van der Waals surface area contributed by atoms with Crippen molar-refractivity contribution >= 4 is 5.78 Å². The van der Waals surface area contributed by atoms with Crippen LogP contribution in [0.4, 0.5) is 0 Å². The number of ether oxygens (including phenoxy) is 2. The molecule has 1 heterocycles. The van der Waals surface area contributed by atoms with E-state index in [2.05, 4.69) is 47.6 Å². The highest BCUT2D eigenvalue weighted by Gasteiger charge is 2.10. The van der Waals surface area contributed by atoms with Gasteiger partial charge in [-0.1, -0.05) is 48.5 Å². The summed E-state index contributed by atoms with van der Waals surface area (Å²) in [6, 6.07) is 20.5. The Hall–Kier alpha value is -3.18. The number of carbonyl (C=O) groups excluding carboxylic acids is 1. The molecule has 3 aromatic rings. The maximum atomic E-state index is 11.0. The molecule has 0 atom stereocenters. The van der Waals surface area contributed by atoms with Gasteiger partial charge in [0.05, 0.1) is 7.11 Å². The molecule has 31 heavy (non-hydrogen) atoms. The topological polar surface area (TPSA) is 60.5 Å². The van der Waals surface area contributed by atoms with Crippen LogP contribution in [0.25, 0.3) is 11.1 Å². The fourth-order valence-corrected chi connectivity index (χ4v) is 3.45. The van der Waals surface area contributed by atoms with Crippen LogP contribution in [0.15, 0.2) is 60.7 Å². The van der Waals surface area contributed by atoms with Gasteiger partial charge in [0, 0.05) is 24.6 Å². The fourth-order valence-electron chi connectivity index (χ4n) is 3.45. The number of hydrogen-bond donors (Lipinski definition) is 1. The van der Waals surface area contributed by atoms with E-state index in [-0.39, 0.29) is 5.78 Å². The maximum absolute atomic E-state index is 11.0. The highest BCUT2D eigenvalue weighted by atomic mass is 16.5. The van der Waals surface area contributed by atoms with Crippen LogP contribution in [0.1, 0.15) is 36.5 Å². The number of nitrogens with zero attached hydrogens (tertiary/aromatic N) is 1. The Morgan fingerprint density at radius 1 is 1.00 bits per heavy atom. The van der Waals surface area contributed by atoms with Gasteiger partial charge in [-0.2, -0.15) is 4.98 Å². The van der Waals surface area contributed by atoms with Gasteiger partial charge in [-0.15, -0.1) is 0 Å². The van der Waals surface area contributed by atoms with Crippen molar-refractivity contribution in [2.75, 3.05) is 13.7 Å². The normalized spacial score (nSPS) is 10.7. The Bertz CT molecular complexity index is 1000. The molecule has 162 valence electrons. The van der Waals surface area contributed by atoms with Crippen molar-refractivity contribution in [3.8, 4) is 22.9 Å². The number of nitrogens with one attached hydrogen (secondary N) is 1. The Morgan fingerprint density at radius 3 is 2.55 bits per heavy atom. The second kappa shape index (κ2) is 11.3. The van der Waals surface area contributed by atoms with E-state index >= 15 is 0 Å². The van der Waals surface area contributed by atoms with Crippen molar-refractivity contribution in [1.82, 2.24) is 10.3 Å².